The Bertz CT molecular complexity index is 717. The number of fused-ring (bicyclic) bond motifs is 1. The number of rotatable bonds is 2. The lowest BCUT2D eigenvalue weighted by Crippen LogP contribution is -2.41. The molecule has 0 spiro atoms. The highest BCUT2D eigenvalue weighted by atomic mass is 19.4. The van der Waals surface area contributed by atoms with E-state index in [0.29, 0.717) is 29.4 Å². The third-order valence-corrected chi connectivity index (χ3v) is 4.20. The molecule has 4 nitrogen and oxygen atoms in total. The van der Waals surface area contributed by atoms with Gasteiger partial charge in [-0.1, -0.05) is 6.42 Å². The fraction of sp³-hybridized carbons (Fsp3) is 0.438. The van der Waals surface area contributed by atoms with Gasteiger partial charge in [0.25, 0.3) is 5.91 Å². The summed E-state index contributed by atoms with van der Waals surface area (Å²) in [6, 6.07) is 4.44. The fourth-order valence-electron chi connectivity index (χ4n) is 2.99. The molecule has 1 aliphatic rings. The molecule has 23 heavy (non-hydrogen) atoms. The summed E-state index contributed by atoms with van der Waals surface area (Å²) in [6.45, 7) is 0. The third-order valence-electron chi connectivity index (χ3n) is 4.20. The van der Waals surface area contributed by atoms with Crippen molar-refractivity contribution in [2.45, 2.75) is 37.9 Å². The first-order chi connectivity index (χ1) is 10.9. The van der Waals surface area contributed by atoms with Crippen molar-refractivity contribution in [1.29, 1.82) is 0 Å². The van der Waals surface area contributed by atoms with Gasteiger partial charge in [-0.05, 0) is 37.5 Å². The molecular weight excluding hydrogens is 307 g/mol. The second-order valence-corrected chi connectivity index (χ2v) is 5.84. The first kappa shape index (κ1) is 15.7. The van der Waals surface area contributed by atoms with Crippen molar-refractivity contribution in [3.8, 4) is 0 Å². The molecule has 1 amide bonds. The first-order valence-corrected chi connectivity index (χ1v) is 7.52. The number of nitrogens with one attached hydrogen (secondary N) is 1. The highest BCUT2D eigenvalue weighted by molar-refractivity contribution is 5.97. The number of hydrogen-bond acceptors (Lipinski definition) is 3. The minimum atomic E-state index is -4.19. The number of halogens is 3. The van der Waals surface area contributed by atoms with Gasteiger partial charge in [0.1, 0.15) is 0 Å². The van der Waals surface area contributed by atoms with E-state index in [1.54, 1.807) is 24.4 Å². The molecule has 122 valence electrons. The number of nitrogens with zero attached hydrogens (tertiary/aromatic N) is 2. The van der Waals surface area contributed by atoms with Crippen LogP contribution in [0.1, 0.15) is 36.0 Å². The molecule has 0 unspecified atom stereocenters. The van der Waals surface area contributed by atoms with E-state index in [1.165, 1.54) is 6.20 Å². The smallest absolute Gasteiger partial charge is 0.349 e. The standard InChI is InChI=1S/C16H16F3N3O/c17-16(18,19)11-2-1-3-12(9-11)22-15(23)10-4-5-13-14(8-10)21-7-6-20-13/h4-8,11-12H,1-3,9H2,(H,22,23)/t11-,12-/m1/s1. The molecule has 7 heteroatoms. The topological polar surface area (TPSA) is 54.9 Å². The molecule has 1 N–H and O–H groups in total. The quantitative estimate of drug-likeness (QED) is 0.920. The summed E-state index contributed by atoms with van der Waals surface area (Å²) in [6.07, 6.45) is 0.0243. The normalized spacial score (nSPS) is 22.0. The van der Waals surface area contributed by atoms with Gasteiger partial charge in [-0.3, -0.25) is 14.8 Å². The maximum absolute atomic E-state index is 12.8. The van der Waals surface area contributed by atoms with Gasteiger partial charge in [0, 0.05) is 24.0 Å². The van der Waals surface area contributed by atoms with Gasteiger partial charge >= 0.3 is 6.18 Å². The minimum Gasteiger partial charge on any atom is -0.349 e. The lowest BCUT2D eigenvalue weighted by Gasteiger charge is -2.31. The van der Waals surface area contributed by atoms with Crippen LogP contribution in [0.5, 0.6) is 0 Å². The predicted octanol–water partition coefficient (Wildman–Crippen LogP) is 3.48. The molecule has 1 heterocycles. The van der Waals surface area contributed by atoms with Crippen LogP contribution in [-0.4, -0.2) is 28.1 Å². The van der Waals surface area contributed by atoms with Gasteiger partial charge in [0.15, 0.2) is 0 Å². The van der Waals surface area contributed by atoms with Crippen molar-refractivity contribution in [2.24, 2.45) is 5.92 Å². The lowest BCUT2D eigenvalue weighted by atomic mass is 9.85. The monoisotopic (exact) mass is 323 g/mol. The fourth-order valence-corrected chi connectivity index (χ4v) is 2.99. The van der Waals surface area contributed by atoms with E-state index in [1.807, 2.05) is 0 Å². The average molecular weight is 323 g/mol. The molecule has 1 aromatic carbocycles. The van der Waals surface area contributed by atoms with Crippen LogP contribution in [-0.2, 0) is 0 Å². The number of hydrogen-bond donors (Lipinski definition) is 1. The minimum absolute atomic E-state index is 0.0529. The highest BCUT2D eigenvalue weighted by Gasteiger charge is 2.42. The van der Waals surface area contributed by atoms with E-state index in [4.69, 9.17) is 0 Å². The zero-order valence-electron chi connectivity index (χ0n) is 12.3. The van der Waals surface area contributed by atoms with Crippen molar-refractivity contribution >= 4 is 16.9 Å². The second-order valence-electron chi connectivity index (χ2n) is 5.84. The Hall–Kier alpha value is -2.18. The SMILES string of the molecule is O=C(N[C@@H]1CCC[C@@H](C(F)(F)F)C1)c1ccc2nccnc2c1. The Labute approximate surface area is 131 Å². The number of benzene rings is 1. The second kappa shape index (κ2) is 6.14. The van der Waals surface area contributed by atoms with Gasteiger partial charge in [-0.15, -0.1) is 0 Å². The van der Waals surface area contributed by atoms with Gasteiger partial charge in [-0.25, -0.2) is 0 Å². The average Bonchev–Trinajstić information content (AvgIpc) is 2.54. The van der Waals surface area contributed by atoms with Crippen LogP contribution in [0.25, 0.3) is 11.0 Å². The summed E-state index contributed by atoms with van der Waals surface area (Å²) in [5, 5.41) is 2.71. The lowest BCUT2D eigenvalue weighted by molar-refractivity contribution is -0.183. The van der Waals surface area contributed by atoms with Crippen LogP contribution in [0, 0.1) is 5.92 Å². The molecule has 1 fully saturated rings. The van der Waals surface area contributed by atoms with Crippen molar-refractivity contribution in [2.75, 3.05) is 0 Å². The van der Waals surface area contributed by atoms with Gasteiger partial charge in [0.2, 0.25) is 0 Å². The maximum atomic E-state index is 12.8. The summed E-state index contributed by atoms with van der Waals surface area (Å²) in [5.41, 5.74) is 1.63. The summed E-state index contributed by atoms with van der Waals surface area (Å²) in [7, 11) is 0. The molecule has 1 aliphatic carbocycles. The van der Waals surface area contributed by atoms with Gasteiger partial charge in [-0.2, -0.15) is 13.2 Å². The molecule has 1 aromatic heterocycles. The molecule has 0 saturated heterocycles. The molecule has 2 aromatic rings. The van der Waals surface area contributed by atoms with Crippen LogP contribution < -0.4 is 5.32 Å². The van der Waals surface area contributed by atoms with Crippen LogP contribution in [0.2, 0.25) is 0 Å². The van der Waals surface area contributed by atoms with Crippen molar-refractivity contribution in [3.05, 3.63) is 36.2 Å². The number of carbonyl (C=O) groups excluding carboxylic acids is 1. The van der Waals surface area contributed by atoms with E-state index >= 15 is 0 Å². The molecule has 0 aliphatic heterocycles. The molecule has 3 rings (SSSR count). The molecule has 2 atom stereocenters. The van der Waals surface area contributed by atoms with Crippen LogP contribution in [0.4, 0.5) is 13.2 Å². The largest absolute Gasteiger partial charge is 0.391 e. The van der Waals surface area contributed by atoms with Crippen LogP contribution in [0.3, 0.4) is 0 Å². The zero-order valence-corrected chi connectivity index (χ0v) is 12.3. The summed E-state index contributed by atoms with van der Waals surface area (Å²) in [4.78, 5) is 20.5. The summed E-state index contributed by atoms with van der Waals surface area (Å²) in [5.74, 6) is -1.70. The Morgan fingerprint density at radius 3 is 2.61 bits per heavy atom. The maximum Gasteiger partial charge on any atom is 0.391 e. The Kier molecular flexibility index (Phi) is 4.19. The number of alkyl halides is 3. The van der Waals surface area contributed by atoms with E-state index in [9.17, 15) is 18.0 Å². The van der Waals surface area contributed by atoms with Crippen LogP contribution >= 0.6 is 0 Å². The molecule has 0 bridgehead atoms. The van der Waals surface area contributed by atoms with Gasteiger partial charge in [0.05, 0.1) is 17.0 Å². The number of carbonyl (C=O) groups is 1. The summed E-state index contributed by atoms with van der Waals surface area (Å²) >= 11 is 0. The van der Waals surface area contributed by atoms with E-state index in [0.717, 1.165) is 0 Å². The van der Waals surface area contributed by atoms with E-state index < -0.39 is 18.1 Å². The number of amides is 1. The highest BCUT2D eigenvalue weighted by Crippen LogP contribution is 2.37. The van der Waals surface area contributed by atoms with Crippen molar-refractivity contribution in [1.82, 2.24) is 15.3 Å². The van der Waals surface area contributed by atoms with E-state index in [2.05, 4.69) is 15.3 Å². The summed E-state index contributed by atoms with van der Waals surface area (Å²) < 4.78 is 38.5. The van der Waals surface area contributed by atoms with Crippen molar-refractivity contribution < 1.29 is 18.0 Å². The zero-order chi connectivity index (χ0) is 16.4. The third kappa shape index (κ3) is 3.60. The Morgan fingerprint density at radius 2 is 1.87 bits per heavy atom. The Balaban J connectivity index is 1.70. The van der Waals surface area contributed by atoms with Crippen LogP contribution in [0.15, 0.2) is 30.6 Å². The van der Waals surface area contributed by atoms with Gasteiger partial charge < -0.3 is 5.32 Å². The predicted molar refractivity (Wildman–Crippen MR) is 78.8 cm³/mol. The molecule has 1 saturated carbocycles. The van der Waals surface area contributed by atoms with Crippen molar-refractivity contribution in [3.63, 3.8) is 0 Å². The number of aromatic nitrogens is 2. The van der Waals surface area contributed by atoms with E-state index in [-0.39, 0.29) is 18.7 Å². The molecule has 0 radical (unpaired) electrons. The Morgan fingerprint density at radius 1 is 1.13 bits per heavy atom. The first-order valence-electron chi connectivity index (χ1n) is 7.52. The molecular formula is C16H16F3N3O.